The van der Waals surface area contributed by atoms with Gasteiger partial charge in [0.05, 0.1) is 0 Å². The van der Waals surface area contributed by atoms with Crippen LogP contribution in [0.15, 0.2) is 48.5 Å². The summed E-state index contributed by atoms with van der Waals surface area (Å²) in [5.41, 5.74) is 6.37. The molecule has 0 saturated carbocycles. The largest absolute Gasteiger partial charge is 0.476 e. The summed E-state index contributed by atoms with van der Waals surface area (Å²) in [6, 6.07) is 12.3. The van der Waals surface area contributed by atoms with Crippen LogP contribution in [0, 0.1) is 17.0 Å². The minimum Gasteiger partial charge on any atom is -0.476 e. The molecule has 1 saturated heterocycles. The van der Waals surface area contributed by atoms with E-state index in [0.29, 0.717) is 25.2 Å². The summed E-state index contributed by atoms with van der Waals surface area (Å²) in [5.74, 6) is -2.08. The molecule has 0 radical (unpaired) electrons. The Morgan fingerprint density at radius 1 is 1.22 bits per heavy atom. The zero-order valence-corrected chi connectivity index (χ0v) is 15.8. The molecule has 2 atom stereocenters. The molecule has 0 aliphatic carbocycles. The molecular formula is C20H23ClF2N2O2. The first-order chi connectivity index (χ1) is 12.4. The van der Waals surface area contributed by atoms with Gasteiger partial charge < -0.3 is 15.4 Å². The molecule has 1 heterocycles. The summed E-state index contributed by atoms with van der Waals surface area (Å²) in [6.45, 7) is 3.69. The van der Waals surface area contributed by atoms with E-state index in [1.807, 2.05) is 13.0 Å². The van der Waals surface area contributed by atoms with Crippen molar-refractivity contribution in [1.29, 1.82) is 0 Å². The maximum absolute atomic E-state index is 13.5. The van der Waals surface area contributed by atoms with E-state index in [0.717, 1.165) is 18.6 Å². The Kier molecular flexibility index (Phi) is 6.78. The lowest BCUT2D eigenvalue weighted by Gasteiger charge is -2.27. The number of amides is 1. The topological polar surface area (TPSA) is 55.6 Å². The SMILES string of the molecule is CC1(CN)CCN(C(=O)C(Oc2ccc(F)c(F)c2)c2ccccc2)C1.Cl. The van der Waals surface area contributed by atoms with Crippen molar-refractivity contribution in [3.8, 4) is 5.75 Å². The summed E-state index contributed by atoms with van der Waals surface area (Å²) in [7, 11) is 0. The van der Waals surface area contributed by atoms with Gasteiger partial charge in [-0.05, 0) is 30.5 Å². The van der Waals surface area contributed by atoms with Crippen molar-refractivity contribution in [2.45, 2.75) is 19.4 Å². The quantitative estimate of drug-likeness (QED) is 0.838. The third-order valence-electron chi connectivity index (χ3n) is 4.83. The van der Waals surface area contributed by atoms with Crippen LogP contribution in [0.2, 0.25) is 0 Å². The fourth-order valence-electron chi connectivity index (χ4n) is 3.12. The van der Waals surface area contributed by atoms with Crippen LogP contribution in [-0.2, 0) is 4.79 Å². The molecule has 7 heteroatoms. The van der Waals surface area contributed by atoms with Crippen molar-refractivity contribution in [3.63, 3.8) is 0 Å². The van der Waals surface area contributed by atoms with Crippen molar-refractivity contribution >= 4 is 18.3 Å². The first-order valence-corrected chi connectivity index (χ1v) is 8.57. The van der Waals surface area contributed by atoms with E-state index >= 15 is 0 Å². The minimum atomic E-state index is -1.02. The first kappa shape index (κ1) is 21.1. The number of halogens is 3. The monoisotopic (exact) mass is 396 g/mol. The molecule has 2 N–H and O–H groups in total. The van der Waals surface area contributed by atoms with Crippen molar-refractivity contribution < 1.29 is 18.3 Å². The molecule has 3 rings (SSSR count). The number of nitrogens with zero attached hydrogens (tertiary/aromatic N) is 1. The Bertz CT molecular complexity index is 791. The zero-order chi connectivity index (χ0) is 18.7. The lowest BCUT2D eigenvalue weighted by molar-refractivity contribution is -0.138. The highest BCUT2D eigenvalue weighted by atomic mass is 35.5. The maximum Gasteiger partial charge on any atom is 0.268 e. The van der Waals surface area contributed by atoms with E-state index in [2.05, 4.69) is 0 Å². The van der Waals surface area contributed by atoms with E-state index in [-0.39, 0.29) is 29.5 Å². The molecule has 2 aromatic rings. The Balaban J connectivity index is 0.00000261. The second-order valence-electron chi connectivity index (χ2n) is 7.01. The van der Waals surface area contributed by atoms with Crippen LogP contribution < -0.4 is 10.5 Å². The summed E-state index contributed by atoms with van der Waals surface area (Å²) >= 11 is 0. The van der Waals surface area contributed by atoms with E-state index < -0.39 is 17.7 Å². The van der Waals surface area contributed by atoms with Gasteiger partial charge in [0.15, 0.2) is 11.6 Å². The van der Waals surface area contributed by atoms with Crippen LogP contribution >= 0.6 is 12.4 Å². The number of rotatable bonds is 5. The lowest BCUT2D eigenvalue weighted by atomic mass is 9.90. The van der Waals surface area contributed by atoms with Gasteiger partial charge in [0, 0.05) is 24.7 Å². The van der Waals surface area contributed by atoms with Crippen molar-refractivity contribution in [2.24, 2.45) is 11.1 Å². The number of ether oxygens (including phenoxy) is 1. The van der Waals surface area contributed by atoms with Crippen LogP contribution in [0.5, 0.6) is 5.75 Å². The number of carbonyl (C=O) groups excluding carboxylic acids is 1. The highest BCUT2D eigenvalue weighted by Gasteiger charge is 2.38. The van der Waals surface area contributed by atoms with Gasteiger partial charge in [-0.15, -0.1) is 12.4 Å². The van der Waals surface area contributed by atoms with Gasteiger partial charge in [0.1, 0.15) is 5.75 Å². The fraction of sp³-hybridized carbons (Fsp3) is 0.350. The molecule has 2 aromatic carbocycles. The van der Waals surface area contributed by atoms with Gasteiger partial charge in [-0.3, -0.25) is 4.79 Å². The molecule has 146 valence electrons. The van der Waals surface area contributed by atoms with Crippen LogP contribution in [-0.4, -0.2) is 30.4 Å². The summed E-state index contributed by atoms with van der Waals surface area (Å²) < 4.78 is 32.5. The van der Waals surface area contributed by atoms with Gasteiger partial charge >= 0.3 is 0 Å². The molecular weight excluding hydrogens is 374 g/mol. The predicted molar refractivity (Wildman–Crippen MR) is 102 cm³/mol. The van der Waals surface area contributed by atoms with Gasteiger partial charge in [0.2, 0.25) is 6.10 Å². The first-order valence-electron chi connectivity index (χ1n) is 8.57. The van der Waals surface area contributed by atoms with Crippen LogP contribution in [0.3, 0.4) is 0 Å². The molecule has 0 spiro atoms. The Morgan fingerprint density at radius 2 is 1.93 bits per heavy atom. The molecule has 1 amide bonds. The highest BCUT2D eigenvalue weighted by Crippen LogP contribution is 2.32. The van der Waals surface area contributed by atoms with Crippen LogP contribution in [0.25, 0.3) is 0 Å². The molecule has 0 bridgehead atoms. The van der Waals surface area contributed by atoms with E-state index in [4.69, 9.17) is 10.5 Å². The molecule has 0 aromatic heterocycles. The maximum atomic E-state index is 13.5. The average Bonchev–Trinajstić information content (AvgIpc) is 3.06. The molecule has 1 aliphatic heterocycles. The number of hydrogen-bond donors (Lipinski definition) is 1. The van der Waals surface area contributed by atoms with E-state index in [1.165, 1.54) is 6.07 Å². The summed E-state index contributed by atoms with van der Waals surface area (Å²) in [6.07, 6.45) is -0.108. The second-order valence-corrected chi connectivity index (χ2v) is 7.01. The number of hydrogen-bond acceptors (Lipinski definition) is 3. The number of benzene rings is 2. The van der Waals surface area contributed by atoms with Crippen molar-refractivity contribution in [1.82, 2.24) is 4.90 Å². The standard InChI is InChI=1S/C20H22F2N2O2.ClH/c1-20(12-23)9-10-24(13-20)19(25)18(14-5-3-2-4-6-14)26-15-7-8-16(21)17(22)11-15;/h2-8,11,18H,9-10,12-13,23H2,1H3;1H. The van der Waals surface area contributed by atoms with E-state index in [9.17, 15) is 13.6 Å². The van der Waals surface area contributed by atoms with Crippen LogP contribution in [0.4, 0.5) is 8.78 Å². The highest BCUT2D eigenvalue weighted by molar-refractivity contribution is 5.85. The van der Waals surface area contributed by atoms with Crippen LogP contribution in [0.1, 0.15) is 25.0 Å². The third kappa shape index (κ3) is 4.76. The number of nitrogens with two attached hydrogens (primary N) is 1. The normalized spacial score (nSPS) is 20.1. The van der Waals surface area contributed by atoms with Crippen molar-refractivity contribution in [3.05, 3.63) is 65.7 Å². The van der Waals surface area contributed by atoms with Gasteiger partial charge in [0.25, 0.3) is 5.91 Å². The Hall–Kier alpha value is -2.18. The number of likely N-dealkylation sites (tertiary alicyclic amines) is 1. The minimum absolute atomic E-state index is 0. The van der Waals surface area contributed by atoms with Gasteiger partial charge in [-0.25, -0.2) is 8.78 Å². The zero-order valence-electron chi connectivity index (χ0n) is 15.0. The summed E-state index contributed by atoms with van der Waals surface area (Å²) in [5, 5.41) is 0. The summed E-state index contributed by atoms with van der Waals surface area (Å²) in [4.78, 5) is 14.8. The molecule has 1 aliphatic rings. The fourth-order valence-corrected chi connectivity index (χ4v) is 3.12. The average molecular weight is 397 g/mol. The van der Waals surface area contributed by atoms with Gasteiger partial charge in [-0.2, -0.15) is 0 Å². The predicted octanol–water partition coefficient (Wildman–Crippen LogP) is 3.70. The Morgan fingerprint density at radius 3 is 2.52 bits per heavy atom. The Labute approximate surface area is 163 Å². The molecule has 2 unspecified atom stereocenters. The molecule has 1 fully saturated rings. The molecule has 4 nitrogen and oxygen atoms in total. The van der Waals surface area contributed by atoms with Gasteiger partial charge in [-0.1, -0.05) is 37.3 Å². The number of carbonyl (C=O) groups is 1. The molecule has 27 heavy (non-hydrogen) atoms. The smallest absolute Gasteiger partial charge is 0.268 e. The van der Waals surface area contributed by atoms with E-state index in [1.54, 1.807) is 29.2 Å². The second kappa shape index (κ2) is 8.67. The van der Waals surface area contributed by atoms with Crippen molar-refractivity contribution in [2.75, 3.05) is 19.6 Å². The lowest BCUT2D eigenvalue weighted by Crippen LogP contribution is -2.38. The third-order valence-corrected chi connectivity index (χ3v) is 4.83.